The van der Waals surface area contributed by atoms with E-state index in [2.05, 4.69) is 24.8 Å². The fraction of sp³-hybridized carbons (Fsp3) is 0.667. The number of aromatic amines is 1. The molecular formula is C18H27N7O5. The first-order chi connectivity index (χ1) is 14.5. The Morgan fingerprint density at radius 2 is 2.20 bits per heavy atom. The van der Waals surface area contributed by atoms with Gasteiger partial charge in [0.2, 0.25) is 5.95 Å². The van der Waals surface area contributed by atoms with Crippen LogP contribution in [0, 0.1) is 0 Å². The summed E-state index contributed by atoms with van der Waals surface area (Å²) in [6.07, 6.45) is 0.408. The van der Waals surface area contributed by atoms with Crippen molar-refractivity contribution in [3.63, 3.8) is 0 Å². The first-order valence-corrected chi connectivity index (χ1v) is 9.82. The Labute approximate surface area is 173 Å². The number of aliphatic imine (C=N–C) groups is 1. The Hall–Kier alpha value is -2.38. The average molecular weight is 421 g/mol. The van der Waals surface area contributed by atoms with Crippen LogP contribution < -0.4 is 5.56 Å². The molecule has 2 aliphatic heterocycles. The molecule has 12 heteroatoms. The van der Waals surface area contributed by atoms with Gasteiger partial charge in [-0.05, 0) is 0 Å². The van der Waals surface area contributed by atoms with Gasteiger partial charge in [-0.3, -0.25) is 19.2 Å². The van der Waals surface area contributed by atoms with Crippen LogP contribution in [0.5, 0.6) is 0 Å². The van der Waals surface area contributed by atoms with Crippen LogP contribution >= 0.6 is 0 Å². The molecular weight excluding hydrogens is 394 g/mol. The standard InChI is InChI=1S/C18H27N7O5/c1-23(2)9-20-18-21-15-12(16(27)22-18)19-10-25(15)17-14(28-3)13(26)11(30-17)8-24-4-6-29-7-5-24/h9-11,13-14,17,26H,4-8H2,1-3H3,(H,21,22,27)/b20-9+/t11-,13?,14+,17-/m1/s1. The second-order valence-corrected chi connectivity index (χ2v) is 7.59. The number of H-pyrrole nitrogens is 1. The maximum absolute atomic E-state index is 12.4. The van der Waals surface area contributed by atoms with Crippen molar-refractivity contribution < 1.29 is 19.3 Å². The van der Waals surface area contributed by atoms with Crippen LogP contribution in [-0.2, 0) is 14.2 Å². The fourth-order valence-electron chi connectivity index (χ4n) is 3.72. The lowest BCUT2D eigenvalue weighted by molar-refractivity contribution is -0.0603. The summed E-state index contributed by atoms with van der Waals surface area (Å²) in [5.41, 5.74) is 0.0846. The molecule has 12 nitrogen and oxygen atoms in total. The van der Waals surface area contributed by atoms with E-state index in [9.17, 15) is 9.90 Å². The highest BCUT2D eigenvalue weighted by atomic mass is 16.6. The number of aliphatic hydroxyl groups excluding tert-OH is 1. The Morgan fingerprint density at radius 1 is 1.43 bits per heavy atom. The first kappa shape index (κ1) is 20.9. The van der Waals surface area contributed by atoms with Crippen molar-refractivity contribution in [1.82, 2.24) is 29.3 Å². The number of morpholine rings is 1. The number of fused-ring (bicyclic) bond motifs is 1. The van der Waals surface area contributed by atoms with E-state index in [1.807, 2.05) is 14.1 Å². The minimum Gasteiger partial charge on any atom is -0.387 e. The third-order valence-corrected chi connectivity index (χ3v) is 5.23. The van der Waals surface area contributed by atoms with Crippen molar-refractivity contribution in [2.24, 2.45) is 4.99 Å². The zero-order chi connectivity index (χ0) is 21.3. The van der Waals surface area contributed by atoms with Gasteiger partial charge in [0, 0.05) is 40.8 Å². The first-order valence-electron chi connectivity index (χ1n) is 9.82. The lowest BCUT2D eigenvalue weighted by Crippen LogP contribution is -2.44. The lowest BCUT2D eigenvalue weighted by atomic mass is 10.1. The molecule has 0 amide bonds. The predicted molar refractivity (Wildman–Crippen MR) is 108 cm³/mol. The van der Waals surface area contributed by atoms with Gasteiger partial charge in [-0.15, -0.1) is 0 Å². The maximum atomic E-state index is 12.4. The number of imidazole rings is 1. The van der Waals surface area contributed by atoms with E-state index < -0.39 is 30.1 Å². The van der Waals surface area contributed by atoms with E-state index in [1.165, 1.54) is 19.8 Å². The molecule has 0 spiro atoms. The second kappa shape index (κ2) is 8.78. The summed E-state index contributed by atoms with van der Waals surface area (Å²) in [4.78, 5) is 31.7. The van der Waals surface area contributed by atoms with Crippen LogP contribution in [0.2, 0.25) is 0 Å². The molecule has 4 heterocycles. The Kier molecular flexibility index (Phi) is 6.11. The number of ether oxygens (including phenoxy) is 3. The van der Waals surface area contributed by atoms with E-state index in [0.29, 0.717) is 25.4 Å². The van der Waals surface area contributed by atoms with E-state index in [-0.39, 0.29) is 11.5 Å². The SMILES string of the molecule is CO[C@H]1C(O)[C@@H](CN2CCOCC2)O[C@H]1n1cnc2c(=O)[nH]c(/N=C/N(C)C)nc21. The average Bonchev–Trinajstić information content (AvgIpc) is 3.28. The van der Waals surface area contributed by atoms with Crippen LogP contribution in [0.4, 0.5) is 5.95 Å². The molecule has 164 valence electrons. The summed E-state index contributed by atoms with van der Waals surface area (Å²) in [5, 5.41) is 10.8. The summed E-state index contributed by atoms with van der Waals surface area (Å²) >= 11 is 0. The molecule has 1 unspecified atom stereocenters. The lowest BCUT2D eigenvalue weighted by Gasteiger charge is -2.29. The van der Waals surface area contributed by atoms with Crippen molar-refractivity contribution in [2.75, 3.05) is 54.1 Å². The van der Waals surface area contributed by atoms with Crippen molar-refractivity contribution in [3.05, 3.63) is 16.7 Å². The number of hydrogen-bond acceptors (Lipinski definition) is 9. The number of rotatable bonds is 6. The van der Waals surface area contributed by atoms with Crippen LogP contribution in [0.3, 0.4) is 0 Å². The van der Waals surface area contributed by atoms with Crippen molar-refractivity contribution >= 4 is 23.5 Å². The van der Waals surface area contributed by atoms with Gasteiger partial charge < -0.3 is 24.2 Å². The molecule has 4 atom stereocenters. The molecule has 0 aliphatic carbocycles. The molecule has 2 aromatic rings. The van der Waals surface area contributed by atoms with Gasteiger partial charge in [-0.2, -0.15) is 4.98 Å². The molecule has 0 saturated carbocycles. The molecule has 30 heavy (non-hydrogen) atoms. The highest BCUT2D eigenvalue weighted by Gasteiger charge is 2.46. The molecule has 0 radical (unpaired) electrons. The third kappa shape index (κ3) is 4.09. The van der Waals surface area contributed by atoms with E-state index in [4.69, 9.17) is 14.2 Å². The Bertz CT molecular complexity index is 952. The monoisotopic (exact) mass is 421 g/mol. The van der Waals surface area contributed by atoms with Gasteiger partial charge >= 0.3 is 0 Å². The summed E-state index contributed by atoms with van der Waals surface area (Å²) in [6, 6.07) is 0. The fourth-order valence-corrected chi connectivity index (χ4v) is 3.72. The third-order valence-electron chi connectivity index (χ3n) is 5.23. The molecule has 4 rings (SSSR count). The summed E-state index contributed by atoms with van der Waals surface area (Å²) in [7, 11) is 5.15. The van der Waals surface area contributed by atoms with Crippen molar-refractivity contribution in [2.45, 2.75) is 24.5 Å². The number of aliphatic hydroxyl groups is 1. The number of methoxy groups -OCH3 is 1. The maximum Gasteiger partial charge on any atom is 0.280 e. The summed E-state index contributed by atoms with van der Waals surface area (Å²) in [6.45, 7) is 3.45. The smallest absolute Gasteiger partial charge is 0.280 e. The number of hydrogen-bond donors (Lipinski definition) is 2. The topological polar surface area (TPSA) is 130 Å². The van der Waals surface area contributed by atoms with Crippen LogP contribution in [0.15, 0.2) is 16.1 Å². The summed E-state index contributed by atoms with van der Waals surface area (Å²) < 4.78 is 18.7. The van der Waals surface area contributed by atoms with E-state index in [0.717, 1.165) is 13.1 Å². The highest BCUT2D eigenvalue weighted by Crippen LogP contribution is 2.33. The highest BCUT2D eigenvalue weighted by molar-refractivity contribution is 5.71. The molecule has 2 saturated heterocycles. The molecule has 2 aromatic heterocycles. The Balaban J connectivity index is 1.63. The van der Waals surface area contributed by atoms with E-state index in [1.54, 1.807) is 9.47 Å². The van der Waals surface area contributed by atoms with Gasteiger partial charge in [0.25, 0.3) is 5.56 Å². The van der Waals surface area contributed by atoms with Gasteiger partial charge in [0.15, 0.2) is 17.4 Å². The van der Waals surface area contributed by atoms with E-state index >= 15 is 0 Å². The molecule has 0 bridgehead atoms. The number of nitrogens with zero attached hydrogens (tertiary/aromatic N) is 6. The Morgan fingerprint density at radius 3 is 2.90 bits per heavy atom. The molecule has 0 aromatic carbocycles. The van der Waals surface area contributed by atoms with Crippen molar-refractivity contribution in [1.29, 1.82) is 0 Å². The van der Waals surface area contributed by atoms with Crippen LogP contribution in [0.1, 0.15) is 6.23 Å². The van der Waals surface area contributed by atoms with Crippen LogP contribution in [0.25, 0.3) is 11.2 Å². The van der Waals surface area contributed by atoms with Crippen LogP contribution in [-0.4, -0.2) is 113 Å². The van der Waals surface area contributed by atoms with Gasteiger partial charge in [-0.25, -0.2) is 9.98 Å². The molecule has 2 aliphatic rings. The van der Waals surface area contributed by atoms with Crippen molar-refractivity contribution in [3.8, 4) is 0 Å². The summed E-state index contributed by atoms with van der Waals surface area (Å²) in [5.74, 6) is 0.153. The second-order valence-electron chi connectivity index (χ2n) is 7.59. The largest absolute Gasteiger partial charge is 0.387 e. The number of aromatic nitrogens is 4. The number of nitrogens with one attached hydrogen (secondary N) is 1. The van der Waals surface area contributed by atoms with Gasteiger partial charge in [0.05, 0.1) is 25.9 Å². The molecule has 2 N–H and O–H groups in total. The van der Waals surface area contributed by atoms with Gasteiger partial charge in [-0.1, -0.05) is 0 Å². The zero-order valence-electron chi connectivity index (χ0n) is 17.3. The normalized spacial score (nSPS) is 28.0. The zero-order valence-corrected chi connectivity index (χ0v) is 17.3. The minimum absolute atomic E-state index is 0.153. The van der Waals surface area contributed by atoms with Gasteiger partial charge in [0.1, 0.15) is 18.3 Å². The quantitative estimate of drug-likeness (QED) is 0.443. The minimum atomic E-state index is -0.839. The molecule has 2 fully saturated rings. The predicted octanol–water partition coefficient (Wildman–Crippen LogP) is -1.05.